The first-order valence-corrected chi connectivity index (χ1v) is 8.85. The largest absolute Gasteiger partial charge is 0.341 e. The van der Waals surface area contributed by atoms with Crippen LogP contribution in [0.15, 0.2) is 24.3 Å². The predicted molar refractivity (Wildman–Crippen MR) is 82.4 cm³/mol. The van der Waals surface area contributed by atoms with Gasteiger partial charge in [0, 0.05) is 18.8 Å². The summed E-state index contributed by atoms with van der Waals surface area (Å²) in [6.07, 6.45) is 3.65. The lowest BCUT2D eigenvalue weighted by Gasteiger charge is -2.20. The quantitative estimate of drug-likeness (QED) is 0.830. The van der Waals surface area contributed by atoms with Crippen molar-refractivity contribution in [3.8, 4) is 0 Å². The van der Waals surface area contributed by atoms with Gasteiger partial charge in [0.05, 0.1) is 12.3 Å². The minimum atomic E-state index is -3.27. The van der Waals surface area contributed by atoms with Gasteiger partial charge in [0.15, 0.2) is 0 Å². The molecule has 1 atom stereocenters. The summed E-state index contributed by atoms with van der Waals surface area (Å²) in [5, 5.41) is 0. The van der Waals surface area contributed by atoms with E-state index in [4.69, 9.17) is 5.73 Å². The summed E-state index contributed by atoms with van der Waals surface area (Å²) in [6.45, 7) is 1.59. The van der Waals surface area contributed by atoms with Crippen LogP contribution in [0.5, 0.6) is 0 Å². The zero-order chi connectivity index (χ0) is 15.5. The number of carbonyl (C=O) groups is 1. The number of hydrogen-bond donors (Lipinski definition) is 2. The monoisotopic (exact) mass is 311 g/mol. The van der Waals surface area contributed by atoms with Crippen molar-refractivity contribution in [3.05, 3.63) is 29.8 Å². The number of likely N-dealkylation sites (tertiary alicyclic amines) is 1. The van der Waals surface area contributed by atoms with E-state index in [2.05, 4.69) is 4.72 Å². The van der Waals surface area contributed by atoms with Crippen molar-refractivity contribution in [3.63, 3.8) is 0 Å². The first-order valence-electron chi connectivity index (χ1n) is 6.96. The number of hydrogen-bond acceptors (Lipinski definition) is 4. The summed E-state index contributed by atoms with van der Waals surface area (Å²) >= 11 is 0. The molecule has 3 N–H and O–H groups in total. The number of amides is 1. The highest BCUT2D eigenvalue weighted by atomic mass is 32.2. The third-order valence-corrected chi connectivity index (χ3v) is 4.05. The van der Waals surface area contributed by atoms with Gasteiger partial charge in [-0.2, -0.15) is 0 Å². The summed E-state index contributed by atoms with van der Waals surface area (Å²) in [7, 11) is -3.27. The number of nitrogens with one attached hydrogen (secondary N) is 1. The Kier molecular flexibility index (Phi) is 4.84. The van der Waals surface area contributed by atoms with Crippen LogP contribution in [0.3, 0.4) is 0 Å². The van der Waals surface area contributed by atoms with Gasteiger partial charge in [-0.1, -0.05) is 12.1 Å². The summed E-state index contributed by atoms with van der Waals surface area (Å²) < 4.78 is 24.6. The van der Waals surface area contributed by atoms with Gasteiger partial charge in [-0.3, -0.25) is 9.52 Å². The molecule has 2 rings (SSSR count). The van der Waals surface area contributed by atoms with E-state index in [1.165, 1.54) is 0 Å². The standard InChI is InChI=1S/C14H21N3O3S/c1-21(19,20)16-12-6-4-11(5-7-12)10-13(15)14(18)17-8-2-3-9-17/h4-7,13,16H,2-3,8-10,15H2,1H3. The molecule has 1 amide bonds. The molecule has 0 bridgehead atoms. The first-order chi connectivity index (χ1) is 9.85. The van der Waals surface area contributed by atoms with Crippen LogP contribution in [-0.2, 0) is 21.2 Å². The van der Waals surface area contributed by atoms with Gasteiger partial charge in [-0.05, 0) is 37.0 Å². The van der Waals surface area contributed by atoms with Gasteiger partial charge in [-0.15, -0.1) is 0 Å². The van der Waals surface area contributed by atoms with Crippen molar-refractivity contribution < 1.29 is 13.2 Å². The molecule has 1 heterocycles. The molecular formula is C14H21N3O3S. The number of benzene rings is 1. The predicted octanol–water partition coefficient (Wildman–Crippen LogP) is 0.550. The maximum absolute atomic E-state index is 12.1. The Morgan fingerprint density at radius 3 is 2.38 bits per heavy atom. The molecule has 0 saturated carbocycles. The second-order valence-corrected chi connectivity index (χ2v) is 7.16. The molecular weight excluding hydrogens is 290 g/mol. The van der Waals surface area contributed by atoms with Crippen LogP contribution in [0.1, 0.15) is 18.4 Å². The lowest BCUT2D eigenvalue weighted by Crippen LogP contribution is -2.43. The molecule has 21 heavy (non-hydrogen) atoms. The molecule has 1 aliphatic heterocycles. The number of rotatable bonds is 5. The van der Waals surface area contributed by atoms with Gasteiger partial charge < -0.3 is 10.6 Å². The Labute approximate surface area is 125 Å². The summed E-state index contributed by atoms with van der Waals surface area (Å²) in [6, 6.07) is 6.36. The number of sulfonamides is 1. The zero-order valence-corrected chi connectivity index (χ0v) is 12.9. The maximum atomic E-state index is 12.1. The topological polar surface area (TPSA) is 92.5 Å². The van der Waals surface area contributed by atoms with Crippen molar-refractivity contribution in [1.29, 1.82) is 0 Å². The van der Waals surface area contributed by atoms with E-state index in [1.807, 2.05) is 4.90 Å². The average molecular weight is 311 g/mol. The fourth-order valence-corrected chi connectivity index (χ4v) is 3.00. The summed E-state index contributed by atoms with van der Waals surface area (Å²) in [5.74, 6) is -0.00848. The number of nitrogens with zero attached hydrogens (tertiary/aromatic N) is 1. The van der Waals surface area contributed by atoms with Crippen molar-refractivity contribution in [2.45, 2.75) is 25.3 Å². The second kappa shape index (κ2) is 6.44. The highest BCUT2D eigenvalue weighted by molar-refractivity contribution is 7.92. The highest BCUT2D eigenvalue weighted by Gasteiger charge is 2.23. The van der Waals surface area contributed by atoms with Crippen molar-refractivity contribution >= 4 is 21.6 Å². The molecule has 0 aliphatic carbocycles. The van der Waals surface area contributed by atoms with Crippen molar-refractivity contribution in [1.82, 2.24) is 4.90 Å². The lowest BCUT2D eigenvalue weighted by molar-refractivity contribution is -0.131. The lowest BCUT2D eigenvalue weighted by atomic mass is 10.1. The third kappa shape index (κ3) is 4.71. The Balaban J connectivity index is 1.94. The summed E-state index contributed by atoms with van der Waals surface area (Å²) in [4.78, 5) is 13.9. The summed E-state index contributed by atoms with van der Waals surface area (Å²) in [5.41, 5.74) is 7.38. The van der Waals surface area contributed by atoms with E-state index in [9.17, 15) is 13.2 Å². The molecule has 1 saturated heterocycles. The minimum absolute atomic E-state index is 0.00848. The number of anilines is 1. The van der Waals surface area contributed by atoms with E-state index < -0.39 is 16.1 Å². The highest BCUT2D eigenvalue weighted by Crippen LogP contribution is 2.14. The molecule has 1 aromatic rings. The molecule has 7 heteroatoms. The molecule has 1 aromatic carbocycles. The Bertz CT molecular complexity index is 592. The smallest absolute Gasteiger partial charge is 0.239 e. The molecule has 0 aromatic heterocycles. The Morgan fingerprint density at radius 1 is 1.29 bits per heavy atom. The minimum Gasteiger partial charge on any atom is -0.341 e. The second-order valence-electron chi connectivity index (χ2n) is 5.41. The fraction of sp³-hybridized carbons (Fsp3) is 0.500. The SMILES string of the molecule is CS(=O)(=O)Nc1ccc(CC(N)C(=O)N2CCCC2)cc1. The van der Waals surface area contributed by atoms with Crippen LogP contribution in [0.2, 0.25) is 0 Å². The molecule has 1 fully saturated rings. The van der Waals surface area contributed by atoms with E-state index in [1.54, 1.807) is 24.3 Å². The molecule has 6 nitrogen and oxygen atoms in total. The van der Waals surface area contributed by atoms with Gasteiger partial charge >= 0.3 is 0 Å². The van der Waals surface area contributed by atoms with Gasteiger partial charge in [0.2, 0.25) is 15.9 Å². The van der Waals surface area contributed by atoms with Crippen molar-refractivity contribution in [2.75, 3.05) is 24.1 Å². The molecule has 1 unspecified atom stereocenters. The van der Waals surface area contributed by atoms with Gasteiger partial charge in [0.1, 0.15) is 0 Å². The molecule has 116 valence electrons. The Morgan fingerprint density at radius 2 is 1.86 bits per heavy atom. The van der Waals surface area contributed by atoms with Crippen LogP contribution in [0, 0.1) is 0 Å². The fourth-order valence-electron chi connectivity index (χ4n) is 2.44. The normalized spacial score (nSPS) is 16.8. The van der Waals surface area contributed by atoms with Crippen LogP contribution in [0.4, 0.5) is 5.69 Å². The van der Waals surface area contributed by atoms with Crippen LogP contribution >= 0.6 is 0 Å². The van der Waals surface area contributed by atoms with Crippen LogP contribution < -0.4 is 10.5 Å². The van der Waals surface area contributed by atoms with Gasteiger partial charge in [-0.25, -0.2) is 8.42 Å². The molecule has 0 spiro atoms. The third-order valence-electron chi connectivity index (χ3n) is 3.45. The van der Waals surface area contributed by atoms with E-state index in [-0.39, 0.29) is 5.91 Å². The number of carbonyl (C=O) groups excluding carboxylic acids is 1. The van der Waals surface area contributed by atoms with Crippen LogP contribution in [-0.4, -0.2) is 44.6 Å². The van der Waals surface area contributed by atoms with Gasteiger partial charge in [0.25, 0.3) is 0 Å². The Hall–Kier alpha value is -1.60. The van der Waals surface area contributed by atoms with E-state index in [0.717, 1.165) is 37.8 Å². The molecule has 1 aliphatic rings. The van der Waals surface area contributed by atoms with E-state index >= 15 is 0 Å². The first kappa shape index (κ1) is 15.8. The average Bonchev–Trinajstić information content (AvgIpc) is 2.92. The van der Waals surface area contributed by atoms with E-state index in [0.29, 0.717) is 12.1 Å². The molecule has 0 radical (unpaired) electrons. The zero-order valence-electron chi connectivity index (χ0n) is 12.1. The van der Waals surface area contributed by atoms with Crippen molar-refractivity contribution in [2.24, 2.45) is 5.73 Å². The van der Waals surface area contributed by atoms with Crippen LogP contribution in [0.25, 0.3) is 0 Å². The maximum Gasteiger partial charge on any atom is 0.239 e. The number of nitrogens with two attached hydrogens (primary N) is 1.